The molecule has 1 atom stereocenters. The summed E-state index contributed by atoms with van der Waals surface area (Å²) in [5.74, 6) is -0.796. The number of benzene rings is 2. The van der Waals surface area contributed by atoms with Gasteiger partial charge in [0.2, 0.25) is 5.43 Å². The Kier molecular flexibility index (Phi) is 4.46. The van der Waals surface area contributed by atoms with Gasteiger partial charge in [0.05, 0.1) is 39.5 Å². The van der Waals surface area contributed by atoms with E-state index in [9.17, 15) is 13.8 Å². The minimum atomic E-state index is -1.29. The molecule has 7 heteroatoms. The first-order valence-corrected chi connectivity index (χ1v) is 8.44. The molecule has 0 saturated carbocycles. The van der Waals surface area contributed by atoms with Crippen LogP contribution in [0.25, 0.3) is 21.9 Å². The second-order valence-electron chi connectivity index (χ2n) is 5.15. The highest BCUT2D eigenvalue weighted by molar-refractivity contribution is 7.85. The third-order valence-electron chi connectivity index (χ3n) is 3.62. The number of methoxy groups -OCH3 is 1. The largest absolute Gasteiger partial charge is 0.478 e. The predicted octanol–water partition coefficient (Wildman–Crippen LogP) is 2.40. The van der Waals surface area contributed by atoms with Gasteiger partial charge in [0.1, 0.15) is 11.2 Å². The number of carboxylic acid groups (broad SMARTS) is 1. The summed E-state index contributed by atoms with van der Waals surface area (Å²) in [6, 6.07) is 8.91. The molecule has 0 aliphatic heterocycles. The maximum atomic E-state index is 12.7. The number of aromatic carboxylic acids is 1. The van der Waals surface area contributed by atoms with E-state index in [-0.39, 0.29) is 21.8 Å². The molecule has 3 aromatic rings. The Morgan fingerprint density at radius 3 is 2.50 bits per heavy atom. The van der Waals surface area contributed by atoms with Gasteiger partial charge in [0, 0.05) is 12.0 Å². The first kappa shape index (κ1) is 16.4. The Balaban J connectivity index is 2.19. The van der Waals surface area contributed by atoms with Crippen molar-refractivity contribution in [3.8, 4) is 0 Å². The van der Waals surface area contributed by atoms with Crippen LogP contribution in [0.2, 0.25) is 0 Å². The minimum absolute atomic E-state index is 0.00831. The van der Waals surface area contributed by atoms with Crippen LogP contribution in [-0.4, -0.2) is 34.8 Å². The minimum Gasteiger partial charge on any atom is -0.478 e. The maximum absolute atomic E-state index is 12.7. The second-order valence-corrected chi connectivity index (χ2v) is 6.72. The van der Waals surface area contributed by atoms with Crippen LogP contribution >= 0.6 is 0 Å². The van der Waals surface area contributed by atoms with Gasteiger partial charge >= 0.3 is 5.97 Å². The molecule has 1 heterocycles. The Bertz CT molecular complexity index is 1020. The van der Waals surface area contributed by atoms with Crippen molar-refractivity contribution in [2.24, 2.45) is 0 Å². The zero-order valence-electron chi connectivity index (χ0n) is 12.8. The van der Waals surface area contributed by atoms with Gasteiger partial charge in [-0.2, -0.15) is 0 Å². The lowest BCUT2D eigenvalue weighted by Gasteiger charge is -2.05. The van der Waals surface area contributed by atoms with Crippen molar-refractivity contribution in [3.63, 3.8) is 0 Å². The first-order chi connectivity index (χ1) is 11.5. The molecule has 0 amide bonds. The average molecular weight is 346 g/mol. The number of rotatable bonds is 5. The first-order valence-electron chi connectivity index (χ1n) is 7.12. The van der Waals surface area contributed by atoms with Gasteiger partial charge < -0.3 is 14.3 Å². The summed E-state index contributed by atoms with van der Waals surface area (Å²) in [6.07, 6.45) is 0. The van der Waals surface area contributed by atoms with E-state index >= 15 is 0 Å². The summed E-state index contributed by atoms with van der Waals surface area (Å²) in [4.78, 5) is 24.3. The van der Waals surface area contributed by atoms with Gasteiger partial charge in [0.15, 0.2) is 0 Å². The fraction of sp³-hybridized carbons (Fsp3) is 0.176. The van der Waals surface area contributed by atoms with Crippen LogP contribution in [-0.2, 0) is 15.5 Å². The van der Waals surface area contributed by atoms with Crippen LogP contribution < -0.4 is 5.43 Å². The van der Waals surface area contributed by atoms with Crippen LogP contribution in [0.15, 0.2) is 50.5 Å². The van der Waals surface area contributed by atoms with Crippen LogP contribution in [0.5, 0.6) is 0 Å². The average Bonchev–Trinajstić information content (AvgIpc) is 2.59. The van der Waals surface area contributed by atoms with E-state index in [1.807, 2.05) is 0 Å². The van der Waals surface area contributed by atoms with Gasteiger partial charge in [-0.25, -0.2) is 4.79 Å². The molecular weight excluding hydrogens is 332 g/mol. The van der Waals surface area contributed by atoms with Crippen molar-refractivity contribution in [1.82, 2.24) is 0 Å². The second kappa shape index (κ2) is 6.54. The molecule has 0 fully saturated rings. The van der Waals surface area contributed by atoms with E-state index in [4.69, 9.17) is 14.3 Å². The lowest BCUT2D eigenvalue weighted by molar-refractivity contribution is 0.0697. The number of ether oxygens (including phenoxy) is 1. The Hall–Kier alpha value is -2.51. The third kappa shape index (κ3) is 2.95. The number of fused-ring (bicyclic) bond motifs is 2. The molecule has 6 nitrogen and oxygen atoms in total. The van der Waals surface area contributed by atoms with Crippen LogP contribution in [0.3, 0.4) is 0 Å². The number of carboxylic acids is 1. The monoisotopic (exact) mass is 346 g/mol. The third-order valence-corrected chi connectivity index (χ3v) is 4.94. The smallest absolute Gasteiger partial charge is 0.335 e. The van der Waals surface area contributed by atoms with E-state index in [1.54, 1.807) is 12.1 Å². The molecule has 0 saturated heterocycles. The molecule has 1 aromatic heterocycles. The van der Waals surface area contributed by atoms with Crippen LogP contribution in [0.1, 0.15) is 10.4 Å². The summed E-state index contributed by atoms with van der Waals surface area (Å²) < 4.78 is 22.8. The zero-order valence-corrected chi connectivity index (χ0v) is 13.6. The molecule has 0 unspecified atom stereocenters. The van der Waals surface area contributed by atoms with Gasteiger partial charge in [-0.3, -0.25) is 9.00 Å². The lowest BCUT2D eigenvalue weighted by Crippen LogP contribution is -2.07. The Labute approximate surface area is 139 Å². The topological polar surface area (TPSA) is 93.8 Å². The van der Waals surface area contributed by atoms with E-state index in [1.165, 1.54) is 31.4 Å². The molecule has 0 aliphatic rings. The molecule has 1 N–H and O–H groups in total. The zero-order chi connectivity index (χ0) is 17.3. The quantitative estimate of drug-likeness (QED) is 0.713. The van der Waals surface area contributed by atoms with Crippen molar-refractivity contribution < 1.29 is 23.3 Å². The predicted molar refractivity (Wildman–Crippen MR) is 90.1 cm³/mol. The van der Waals surface area contributed by atoms with Gasteiger partial charge in [-0.15, -0.1) is 0 Å². The van der Waals surface area contributed by atoms with E-state index < -0.39 is 16.8 Å². The van der Waals surface area contributed by atoms with E-state index in [2.05, 4.69) is 0 Å². The van der Waals surface area contributed by atoms with Crippen molar-refractivity contribution in [1.29, 1.82) is 0 Å². The standard InChI is InChI=1S/C17H14O6S/c1-22-6-7-24(21)11-3-5-15-13(9-11)16(18)12-8-10(17(19)20)2-4-14(12)23-15/h2-5,8-9H,6-7H2,1H3,(H,19,20)/t24-/m0/s1. The Morgan fingerprint density at radius 1 is 1.17 bits per heavy atom. The van der Waals surface area contributed by atoms with Gasteiger partial charge in [-0.05, 0) is 36.4 Å². The fourth-order valence-electron chi connectivity index (χ4n) is 2.39. The molecule has 0 bridgehead atoms. The maximum Gasteiger partial charge on any atom is 0.335 e. The molecular formula is C17H14O6S. The highest BCUT2D eigenvalue weighted by atomic mass is 32.2. The van der Waals surface area contributed by atoms with Crippen molar-refractivity contribution in [2.45, 2.75) is 4.90 Å². The van der Waals surface area contributed by atoms with Crippen molar-refractivity contribution >= 4 is 38.7 Å². The summed E-state index contributed by atoms with van der Waals surface area (Å²) >= 11 is 0. The molecule has 2 aromatic carbocycles. The van der Waals surface area contributed by atoms with E-state index in [0.29, 0.717) is 28.4 Å². The molecule has 24 heavy (non-hydrogen) atoms. The number of hydrogen-bond acceptors (Lipinski definition) is 5. The Morgan fingerprint density at radius 2 is 1.83 bits per heavy atom. The molecule has 0 spiro atoms. The summed E-state index contributed by atoms with van der Waals surface area (Å²) in [5, 5.41) is 9.52. The number of carbonyl (C=O) groups is 1. The molecule has 124 valence electrons. The SMILES string of the molecule is COCC[S@](=O)c1ccc2oc3ccc(C(=O)O)cc3c(=O)c2c1. The van der Waals surface area contributed by atoms with Crippen LogP contribution in [0, 0.1) is 0 Å². The normalized spacial score (nSPS) is 12.5. The number of hydrogen-bond donors (Lipinski definition) is 1. The fourth-order valence-corrected chi connectivity index (χ4v) is 3.41. The van der Waals surface area contributed by atoms with Gasteiger partial charge in [-0.1, -0.05) is 0 Å². The molecule has 3 rings (SSSR count). The van der Waals surface area contributed by atoms with Crippen molar-refractivity contribution in [3.05, 3.63) is 52.2 Å². The van der Waals surface area contributed by atoms with Gasteiger partial charge in [0.25, 0.3) is 0 Å². The lowest BCUT2D eigenvalue weighted by atomic mass is 10.1. The molecule has 0 aliphatic carbocycles. The highest BCUT2D eigenvalue weighted by Gasteiger charge is 2.13. The summed E-state index contributed by atoms with van der Waals surface area (Å²) in [7, 11) is 0.233. The van der Waals surface area contributed by atoms with Crippen LogP contribution in [0.4, 0.5) is 0 Å². The summed E-state index contributed by atoms with van der Waals surface area (Å²) in [5.41, 5.74) is 0.336. The highest BCUT2D eigenvalue weighted by Crippen LogP contribution is 2.22. The summed E-state index contributed by atoms with van der Waals surface area (Å²) in [6.45, 7) is 0.346. The van der Waals surface area contributed by atoms with Crippen molar-refractivity contribution in [2.75, 3.05) is 19.5 Å². The van der Waals surface area contributed by atoms with E-state index in [0.717, 1.165) is 0 Å². The molecule has 0 radical (unpaired) electrons.